The van der Waals surface area contributed by atoms with Crippen molar-refractivity contribution in [2.24, 2.45) is 5.92 Å². The van der Waals surface area contributed by atoms with Crippen LogP contribution < -0.4 is 0 Å². The minimum Gasteiger partial charge on any atom is -0.461 e. The molecule has 1 heterocycles. The normalized spacial score (nSPS) is 18.7. The molecular weight excluding hydrogens is 402 g/mol. The van der Waals surface area contributed by atoms with E-state index in [1.165, 1.54) is 66.5 Å². The van der Waals surface area contributed by atoms with E-state index in [2.05, 4.69) is 45.9 Å². The molecule has 4 rings (SSSR count). The summed E-state index contributed by atoms with van der Waals surface area (Å²) in [4.78, 5) is 18.7. The Morgan fingerprint density at radius 2 is 1.87 bits per heavy atom. The molecule has 0 radical (unpaired) electrons. The van der Waals surface area contributed by atoms with Crippen LogP contribution in [0.4, 0.5) is 0 Å². The first-order valence-electron chi connectivity index (χ1n) is 12.0. The Labute approximate surface area is 191 Å². The van der Waals surface area contributed by atoms with Crippen LogP contribution >= 0.6 is 11.3 Å². The fourth-order valence-electron chi connectivity index (χ4n) is 4.67. The molecule has 2 saturated carbocycles. The molecule has 2 aliphatic rings. The lowest BCUT2D eigenvalue weighted by atomic mass is 9.82. The molecule has 0 unspecified atom stereocenters. The minimum atomic E-state index is -0.287. The molecule has 0 aliphatic heterocycles. The first kappa shape index (κ1) is 22.5. The predicted molar refractivity (Wildman–Crippen MR) is 129 cm³/mol. The van der Waals surface area contributed by atoms with Gasteiger partial charge in [-0.2, -0.15) is 0 Å². The van der Waals surface area contributed by atoms with Crippen LogP contribution in [0.2, 0.25) is 0 Å². The summed E-state index contributed by atoms with van der Waals surface area (Å²) < 4.78 is 5.30. The summed E-state index contributed by atoms with van der Waals surface area (Å²) in [6, 6.07) is 7.05. The molecule has 3 nitrogen and oxygen atoms in total. The number of benzene rings is 1. The number of thiazole rings is 1. The van der Waals surface area contributed by atoms with E-state index in [0.717, 1.165) is 12.1 Å². The molecule has 0 atom stereocenters. The van der Waals surface area contributed by atoms with Crippen LogP contribution in [-0.2, 0) is 22.0 Å². The number of hydrogen-bond acceptors (Lipinski definition) is 4. The Kier molecular flexibility index (Phi) is 6.31. The van der Waals surface area contributed by atoms with Gasteiger partial charge in [-0.1, -0.05) is 65.9 Å². The minimum absolute atomic E-state index is 0.0690. The van der Waals surface area contributed by atoms with Gasteiger partial charge in [0, 0.05) is 10.4 Å². The van der Waals surface area contributed by atoms with E-state index < -0.39 is 0 Å². The van der Waals surface area contributed by atoms with Crippen molar-refractivity contribution in [3.63, 3.8) is 0 Å². The van der Waals surface area contributed by atoms with Gasteiger partial charge in [0.15, 0.2) is 0 Å². The Balaban J connectivity index is 1.78. The summed E-state index contributed by atoms with van der Waals surface area (Å²) in [6.07, 6.45) is 10.1. The van der Waals surface area contributed by atoms with Crippen molar-refractivity contribution in [2.45, 2.75) is 96.8 Å². The highest BCUT2D eigenvalue weighted by molar-refractivity contribution is 7.14. The number of carbonyl (C=O) groups is 1. The van der Waals surface area contributed by atoms with Gasteiger partial charge < -0.3 is 4.74 Å². The van der Waals surface area contributed by atoms with Crippen LogP contribution in [0.15, 0.2) is 18.2 Å². The molecule has 1 aromatic heterocycles. The molecule has 0 amide bonds. The van der Waals surface area contributed by atoms with E-state index in [0.29, 0.717) is 22.9 Å². The van der Waals surface area contributed by atoms with Crippen LogP contribution in [-0.4, -0.2) is 17.6 Å². The summed E-state index contributed by atoms with van der Waals surface area (Å²) >= 11 is 1.55. The topological polar surface area (TPSA) is 39.2 Å². The highest BCUT2D eigenvalue weighted by Crippen LogP contribution is 2.49. The molecule has 4 heteroatoms. The molecule has 2 fully saturated rings. The molecule has 2 aliphatic carbocycles. The molecule has 31 heavy (non-hydrogen) atoms. The average Bonchev–Trinajstić information content (AvgIpc) is 3.35. The summed E-state index contributed by atoms with van der Waals surface area (Å²) in [5.41, 5.74) is 5.31. The first-order valence-corrected chi connectivity index (χ1v) is 12.8. The van der Waals surface area contributed by atoms with Gasteiger partial charge in [0.1, 0.15) is 0 Å². The van der Waals surface area contributed by atoms with Gasteiger partial charge in [-0.25, -0.2) is 9.78 Å². The van der Waals surface area contributed by atoms with E-state index in [4.69, 9.17) is 9.72 Å². The van der Waals surface area contributed by atoms with Crippen LogP contribution in [0.5, 0.6) is 0 Å². The monoisotopic (exact) mass is 439 g/mol. The molecule has 2 aromatic rings. The second-order valence-corrected chi connectivity index (χ2v) is 11.9. The lowest BCUT2D eigenvalue weighted by molar-refractivity contribution is 0.0526. The van der Waals surface area contributed by atoms with Gasteiger partial charge >= 0.3 is 5.97 Å². The van der Waals surface area contributed by atoms with E-state index in [-0.39, 0.29) is 11.4 Å². The summed E-state index contributed by atoms with van der Waals surface area (Å²) in [5.74, 6) is 0.416. The summed E-state index contributed by atoms with van der Waals surface area (Å²) in [6.45, 7) is 11.4. The van der Waals surface area contributed by atoms with Crippen molar-refractivity contribution in [3.05, 3.63) is 39.2 Å². The predicted octanol–water partition coefficient (Wildman–Crippen LogP) is 7.46. The lowest BCUT2D eigenvalue weighted by Gasteiger charge is -2.24. The maximum Gasteiger partial charge on any atom is 0.367 e. The van der Waals surface area contributed by atoms with Crippen LogP contribution in [0.25, 0.3) is 11.3 Å². The van der Waals surface area contributed by atoms with Crippen LogP contribution in [0.1, 0.15) is 105 Å². The fourth-order valence-corrected chi connectivity index (χ4v) is 5.76. The van der Waals surface area contributed by atoms with E-state index in [9.17, 15) is 4.79 Å². The Bertz CT molecular complexity index is 919. The summed E-state index contributed by atoms with van der Waals surface area (Å²) in [7, 11) is 0. The third-order valence-electron chi connectivity index (χ3n) is 7.12. The number of nitrogens with zero attached hydrogens (tertiary/aromatic N) is 1. The number of carbonyl (C=O) groups excluding carboxylic acids is 1. The smallest absolute Gasteiger partial charge is 0.367 e. The number of ether oxygens (including phenoxy) is 1. The number of hydrogen-bond donors (Lipinski definition) is 0. The van der Waals surface area contributed by atoms with Gasteiger partial charge in [-0.05, 0) is 66.2 Å². The summed E-state index contributed by atoms with van der Waals surface area (Å²) in [5, 5.41) is 0.503. The zero-order valence-corrected chi connectivity index (χ0v) is 20.7. The largest absolute Gasteiger partial charge is 0.461 e. The SMILES string of the molecule is CCOC(=O)c1nc(-c2cc(C(C)(C)C)cc(C3(C)CC3)c2)c(CC2CCCCC2)s1. The van der Waals surface area contributed by atoms with Crippen LogP contribution in [0, 0.1) is 5.92 Å². The number of aromatic nitrogens is 1. The Morgan fingerprint density at radius 1 is 1.16 bits per heavy atom. The molecule has 1 aromatic carbocycles. The maximum atomic E-state index is 12.5. The van der Waals surface area contributed by atoms with Gasteiger partial charge in [-0.3, -0.25) is 0 Å². The first-order chi connectivity index (χ1) is 14.7. The second kappa shape index (κ2) is 8.69. The van der Waals surface area contributed by atoms with Gasteiger partial charge in [0.2, 0.25) is 5.01 Å². The van der Waals surface area contributed by atoms with Crippen molar-refractivity contribution in [2.75, 3.05) is 6.61 Å². The highest BCUT2D eigenvalue weighted by Gasteiger charge is 2.40. The average molecular weight is 440 g/mol. The van der Waals surface area contributed by atoms with Gasteiger partial charge in [0.25, 0.3) is 0 Å². The van der Waals surface area contributed by atoms with Crippen molar-refractivity contribution < 1.29 is 9.53 Å². The Hall–Kier alpha value is -1.68. The third-order valence-corrected chi connectivity index (χ3v) is 8.17. The van der Waals surface area contributed by atoms with Crippen LogP contribution in [0.3, 0.4) is 0 Å². The zero-order chi connectivity index (χ0) is 22.2. The van der Waals surface area contributed by atoms with Gasteiger partial charge in [0.05, 0.1) is 12.3 Å². The van der Waals surface area contributed by atoms with Crippen molar-refractivity contribution in [1.82, 2.24) is 4.98 Å². The third kappa shape index (κ3) is 5.05. The molecule has 0 N–H and O–H groups in total. The van der Waals surface area contributed by atoms with Gasteiger partial charge in [-0.15, -0.1) is 11.3 Å². The van der Waals surface area contributed by atoms with Crippen molar-refractivity contribution in [3.8, 4) is 11.3 Å². The molecule has 168 valence electrons. The highest BCUT2D eigenvalue weighted by atomic mass is 32.1. The van der Waals surface area contributed by atoms with E-state index >= 15 is 0 Å². The fraction of sp³-hybridized carbons (Fsp3) is 0.630. The van der Waals surface area contributed by atoms with Crippen molar-refractivity contribution >= 4 is 17.3 Å². The molecule has 0 bridgehead atoms. The van der Waals surface area contributed by atoms with Crippen molar-refractivity contribution in [1.29, 1.82) is 0 Å². The second-order valence-electron chi connectivity index (χ2n) is 10.8. The van der Waals surface area contributed by atoms with E-state index in [1.54, 1.807) is 11.3 Å². The Morgan fingerprint density at radius 3 is 2.48 bits per heavy atom. The number of esters is 1. The molecule has 0 saturated heterocycles. The number of rotatable bonds is 6. The standard InChI is InChI=1S/C27H37NO2S/c1-6-30-25(29)24-28-23(22(31-24)14-18-10-8-7-9-11-18)19-15-20(26(2,3)4)17-21(16-19)27(5)12-13-27/h15-18H,6-14H2,1-5H3. The van der Waals surface area contributed by atoms with E-state index in [1.807, 2.05) is 6.92 Å². The molecular formula is C27H37NO2S. The zero-order valence-electron chi connectivity index (χ0n) is 19.8. The maximum absolute atomic E-state index is 12.5. The molecule has 0 spiro atoms. The lowest BCUT2D eigenvalue weighted by Crippen LogP contribution is -2.13. The quantitative estimate of drug-likeness (QED) is 0.439.